The van der Waals surface area contributed by atoms with Crippen LogP contribution in [0.15, 0.2) is 96.1 Å². The van der Waals surface area contributed by atoms with Crippen LogP contribution in [0.25, 0.3) is 5.57 Å². The van der Waals surface area contributed by atoms with Gasteiger partial charge in [-0.2, -0.15) is 0 Å². The molecule has 9 nitrogen and oxygen atoms in total. The quantitative estimate of drug-likeness (QED) is 0.187. The van der Waals surface area contributed by atoms with E-state index >= 15 is 0 Å². The van der Waals surface area contributed by atoms with Crippen LogP contribution in [-0.4, -0.2) is 55.6 Å². The summed E-state index contributed by atoms with van der Waals surface area (Å²) in [6.45, 7) is 7.28. The number of benzene rings is 3. The Labute approximate surface area is 314 Å². The van der Waals surface area contributed by atoms with E-state index in [1.807, 2.05) is 49.4 Å². The highest BCUT2D eigenvalue weighted by molar-refractivity contribution is 6.10. The van der Waals surface area contributed by atoms with Crippen molar-refractivity contribution in [1.82, 2.24) is 4.98 Å². The van der Waals surface area contributed by atoms with Crippen molar-refractivity contribution < 1.29 is 23.5 Å². The second-order valence-corrected chi connectivity index (χ2v) is 15.0. The molecule has 0 bridgehead atoms. The van der Waals surface area contributed by atoms with Crippen molar-refractivity contribution in [2.24, 2.45) is 5.41 Å². The van der Waals surface area contributed by atoms with Crippen LogP contribution in [0.1, 0.15) is 77.1 Å². The van der Waals surface area contributed by atoms with E-state index in [0.717, 1.165) is 92.2 Å². The Hall–Kier alpha value is -5.61. The molecular weight excluding hydrogens is 682 g/mol. The second-order valence-electron chi connectivity index (χ2n) is 15.0. The van der Waals surface area contributed by atoms with E-state index in [1.54, 1.807) is 42.2 Å². The molecule has 3 aromatic carbocycles. The fourth-order valence-corrected chi connectivity index (χ4v) is 8.18. The van der Waals surface area contributed by atoms with Crippen LogP contribution in [0.2, 0.25) is 0 Å². The van der Waals surface area contributed by atoms with Gasteiger partial charge in [-0.25, -0.2) is 9.37 Å². The van der Waals surface area contributed by atoms with Crippen molar-refractivity contribution >= 4 is 46.2 Å². The number of nitrogens with one attached hydrogen (secondary N) is 2. The normalized spacial score (nSPS) is 17.7. The number of para-hydroxylation sites is 1. The molecule has 8 rings (SSSR count). The fourth-order valence-electron chi connectivity index (χ4n) is 8.18. The third-order valence-corrected chi connectivity index (χ3v) is 11.3. The molecule has 1 spiro atoms. The standard InChI is InChI=1S/C44H44FN5O4/c1-28(41(51)46-34-8-4-3-5-9-34)23-31-17-20-50(39-25-33(45)13-16-36(39)29(31)2)43(53)30-11-14-35(15-12-30)47-42(52)37-24-32-7-6-10-38(32)48-40(37)49-26-44(27-49)18-21-54-22-19-44/h3-5,8-9,11-16,23-25H,6-7,10,17-22,26-27H2,1-2H3,(H,46,51)(H,47,52)/b28-23+. The summed E-state index contributed by atoms with van der Waals surface area (Å²) in [5.41, 5.74) is 8.15. The van der Waals surface area contributed by atoms with Crippen molar-refractivity contribution in [2.75, 3.05) is 53.3 Å². The molecule has 276 valence electrons. The SMILES string of the molecule is CC1=C(/C=C(\C)C(=O)Nc2ccccc2)CCN(C(=O)c2ccc(NC(=O)c3cc4c(nc3N3CC5(CCOCC5)C3)CCC4)cc2)c2cc(F)ccc21. The van der Waals surface area contributed by atoms with E-state index in [9.17, 15) is 18.8 Å². The number of fused-ring (bicyclic) bond motifs is 2. The number of pyridine rings is 1. The molecule has 2 fully saturated rings. The van der Waals surface area contributed by atoms with E-state index in [1.165, 1.54) is 12.1 Å². The number of carbonyl (C=O) groups is 3. The first-order chi connectivity index (χ1) is 26.2. The fraction of sp³-hybridized carbons (Fsp3) is 0.318. The topological polar surface area (TPSA) is 104 Å². The monoisotopic (exact) mass is 725 g/mol. The minimum atomic E-state index is -0.448. The Kier molecular flexibility index (Phi) is 9.62. The molecule has 0 saturated carbocycles. The van der Waals surface area contributed by atoms with E-state index in [-0.39, 0.29) is 29.7 Å². The summed E-state index contributed by atoms with van der Waals surface area (Å²) in [6.07, 6.45) is 7.25. The van der Waals surface area contributed by atoms with E-state index in [2.05, 4.69) is 15.5 Å². The maximum Gasteiger partial charge on any atom is 0.259 e. The summed E-state index contributed by atoms with van der Waals surface area (Å²) in [5, 5.41) is 5.97. The molecule has 2 saturated heterocycles. The van der Waals surface area contributed by atoms with Gasteiger partial charge in [-0.3, -0.25) is 14.4 Å². The number of aromatic nitrogens is 1. The first-order valence-electron chi connectivity index (χ1n) is 18.8. The van der Waals surface area contributed by atoms with Crippen LogP contribution >= 0.6 is 0 Å². The van der Waals surface area contributed by atoms with Gasteiger partial charge in [0, 0.05) is 72.0 Å². The van der Waals surface area contributed by atoms with Crippen LogP contribution < -0.4 is 20.4 Å². The zero-order valence-electron chi connectivity index (χ0n) is 30.7. The first-order valence-corrected chi connectivity index (χ1v) is 18.8. The Morgan fingerprint density at radius 1 is 0.889 bits per heavy atom. The molecule has 10 heteroatoms. The van der Waals surface area contributed by atoms with Gasteiger partial charge in [0.2, 0.25) is 0 Å². The number of nitrogens with zero attached hydrogens (tertiary/aromatic N) is 3. The lowest BCUT2D eigenvalue weighted by atomic mass is 9.73. The molecule has 4 aliphatic rings. The van der Waals surface area contributed by atoms with Gasteiger partial charge in [0.05, 0.1) is 11.3 Å². The molecule has 4 heterocycles. The van der Waals surface area contributed by atoms with Gasteiger partial charge in [-0.05, 0) is 130 Å². The Bertz CT molecular complexity index is 2180. The molecular formula is C44H44FN5O4. The number of anilines is 4. The molecule has 3 amide bonds. The molecule has 3 aliphatic heterocycles. The lowest BCUT2D eigenvalue weighted by molar-refractivity contribution is -0.112. The predicted molar refractivity (Wildman–Crippen MR) is 209 cm³/mol. The number of aryl methyl sites for hydroxylation is 2. The second kappa shape index (κ2) is 14.7. The summed E-state index contributed by atoms with van der Waals surface area (Å²) in [4.78, 5) is 49.8. The van der Waals surface area contributed by atoms with Gasteiger partial charge in [-0.15, -0.1) is 0 Å². The van der Waals surface area contributed by atoms with Gasteiger partial charge < -0.3 is 25.2 Å². The zero-order chi connectivity index (χ0) is 37.4. The first kappa shape index (κ1) is 35.4. The lowest BCUT2D eigenvalue weighted by Crippen LogP contribution is -2.59. The molecule has 1 aliphatic carbocycles. The molecule has 2 N–H and O–H groups in total. The summed E-state index contributed by atoms with van der Waals surface area (Å²) >= 11 is 0. The van der Waals surface area contributed by atoms with Crippen molar-refractivity contribution in [3.05, 3.63) is 130 Å². The minimum absolute atomic E-state index is 0.224. The summed E-state index contributed by atoms with van der Waals surface area (Å²) in [7, 11) is 0. The van der Waals surface area contributed by atoms with Crippen molar-refractivity contribution in [3.63, 3.8) is 0 Å². The van der Waals surface area contributed by atoms with Crippen molar-refractivity contribution in [3.8, 4) is 0 Å². The number of ether oxygens (including phenoxy) is 1. The summed E-state index contributed by atoms with van der Waals surface area (Å²) in [5.74, 6) is -0.448. The number of halogens is 1. The number of allylic oxidation sites excluding steroid dienone is 2. The van der Waals surface area contributed by atoms with Gasteiger partial charge in [0.1, 0.15) is 11.6 Å². The average molecular weight is 726 g/mol. The minimum Gasteiger partial charge on any atom is -0.381 e. The molecule has 4 aromatic rings. The van der Waals surface area contributed by atoms with Crippen molar-refractivity contribution in [1.29, 1.82) is 0 Å². The number of hydrogen-bond acceptors (Lipinski definition) is 6. The van der Waals surface area contributed by atoms with Crippen LogP contribution in [0.4, 0.5) is 27.3 Å². The van der Waals surface area contributed by atoms with Crippen LogP contribution in [0.5, 0.6) is 0 Å². The maximum absolute atomic E-state index is 14.7. The van der Waals surface area contributed by atoms with E-state index in [0.29, 0.717) is 40.2 Å². The van der Waals surface area contributed by atoms with Gasteiger partial charge in [-0.1, -0.05) is 24.3 Å². The van der Waals surface area contributed by atoms with Crippen molar-refractivity contribution in [2.45, 2.75) is 52.4 Å². The summed E-state index contributed by atoms with van der Waals surface area (Å²) < 4.78 is 20.3. The van der Waals surface area contributed by atoms with E-state index in [4.69, 9.17) is 9.72 Å². The van der Waals surface area contributed by atoms with Crippen LogP contribution in [0.3, 0.4) is 0 Å². The zero-order valence-corrected chi connectivity index (χ0v) is 30.7. The maximum atomic E-state index is 14.7. The highest BCUT2D eigenvalue weighted by Gasteiger charge is 2.45. The van der Waals surface area contributed by atoms with Gasteiger partial charge in [0.15, 0.2) is 0 Å². The predicted octanol–water partition coefficient (Wildman–Crippen LogP) is 7.99. The third-order valence-electron chi connectivity index (χ3n) is 11.3. The Morgan fingerprint density at radius 2 is 1.63 bits per heavy atom. The van der Waals surface area contributed by atoms with Crippen LogP contribution in [-0.2, 0) is 22.4 Å². The molecule has 0 unspecified atom stereocenters. The molecule has 0 radical (unpaired) electrons. The number of amides is 3. The average Bonchev–Trinajstić information content (AvgIpc) is 3.59. The Balaban J connectivity index is 0.989. The largest absolute Gasteiger partial charge is 0.381 e. The molecule has 1 aromatic heterocycles. The number of hydrogen-bond donors (Lipinski definition) is 2. The molecule has 54 heavy (non-hydrogen) atoms. The highest BCUT2D eigenvalue weighted by atomic mass is 19.1. The number of rotatable bonds is 7. The van der Waals surface area contributed by atoms with E-state index < -0.39 is 5.82 Å². The lowest BCUT2D eigenvalue weighted by Gasteiger charge is -2.53. The van der Waals surface area contributed by atoms with Crippen LogP contribution in [0, 0.1) is 11.2 Å². The van der Waals surface area contributed by atoms with Gasteiger partial charge in [0.25, 0.3) is 17.7 Å². The highest BCUT2D eigenvalue weighted by Crippen LogP contribution is 2.43. The number of carbonyl (C=O) groups excluding carboxylic acids is 3. The molecule has 0 atom stereocenters. The third kappa shape index (κ3) is 7.06. The summed E-state index contributed by atoms with van der Waals surface area (Å²) in [6, 6.07) is 22.5. The smallest absolute Gasteiger partial charge is 0.259 e. The Morgan fingerprint density at radius 3 is 2.39 bits per heavy atom. The van der Waals surface area contributed by atoms with Gasteiger partial charge >= 0.3 is 0 Å².